The lowest BCUT2D eigenvalue weighted by Gasteiger charge is -2.26. The van der Waals surface area contributed by atoms with Gasteiger partial charge in [0.15, 0.2) is 6.10 Å². The van der Waals surface area contributed by atoms with Gasteiger partial charge < -0.3 is 14.6 Å². The highest BCUT2D eigenvalue weighted by Crippen LogP contribution is 2.17. The van der Waals surface area contributed by atoms with Crippen LogP contribution in [0.2, 0.25) is 0 Å². The predicted molar refractivity (Wildman–Crippen MR) is 69.5 cm³/mol. The van der Waals surface area contributed by atoms with Gasteiger partial charge in [-0.3, -0.25) is 4.90 Å². The maximum absolute atomic E-state index is 11.3. The second kappa shape index (κ2) is 6.65. The first-order valence-corrected chi connectivity index (χ1v) is 6.35. The number of carbonyl (C=O) groups excluding carboxylic acids is 1. The van der Waals surface area contributed by atoms with Gasteiger partial charge >= 0.3 is 5.97 Å². The van der Waals surface area contributed by atoms with Crippen LogP contribution in [0.5, 0.6) is 0 Å². The number of morpholine rings is 1. The van der Waals surface area contributed by atoms with E-state index in [0.29, 0.717) is 5.56 Å². The second-order valence-electron chi connectivity index (χ2n) is 4.56. The second-order valence-corrected chi connectivity index (χ2v) is 4.56. The molecule has 1 aromatic carbocycles. The molecule has 1 atom stereocenters. The zero-order valence-corrected chi connectivity index (χ0v) is 11.0. The van der Waals surface area contributed by atoms with Crippen LogP contribution in [0.25, 0.3) is 0 Å². The van der Waals surface area contributed by atoms with Crippen molar-refractivity contribution in [3.63, 3.8) is 0 Å². The topological polar surface area (TPSA) is 59.0 Å². The average molecular weight is 265 g/mol. The molecule has 0 bridgehead atoms. The molecular weight excluding hydrogens is 246 g/mol. The summed E-state index contributed by atoms with van der Waals surface area (Å²) in [6, 6.07) is 7.40. The van der Waals surface area contributed by atoms with Crippen LogP contribution in [0.15, 0.2) is 24.3 Å². The van der Waals surface area contributed by atoms with E-state index in [2.05, 4.69) is 9.64 Å². The Bertz CT molecular complexity index is 429. The molecule has 1 N–H and O–H groups in total. The van der Waals surface area contributed by atoms with Crippen LogP contribution in [0.3, 0.4) is 0 Å². The molecule has 1 saturated heterocycles. The molecule has 5 nitrogen and oxygen atoms in total. The SMILES string of the molecule is COC(=O)C(O)c1cccc(CN2CCOCC2)c1. The van der Waals surface area contributed by atoms with Crippen molar-refractivity contribution >= 4 is 5.97 Å². The van der Waals surface area contributed by atoms with Crippen molar-refractivity contribution in [1.82, 2.24) is 4.90 Å². The maximum Gasteiger partial charge on any atom is 0.339 e. The summed E-state index contributed by atoms with van der Waals surface area (Å²) in [7, 11) is 1.27. The lowest BCUT2D eigenvalue weighted by Crippen LogP contribution is -2.35. The molecule has 5 heteroatoms. The van der Waals surface area contributed by atoms with E-state index in [1.54, 1.807) is 6.07 Å². The number of hydrogen-bond acceptors (Lipinski definition) is 5. The summed E-state index contributed by atoms with van der Waals surface area (Å²) in [5.41, 5.74) is 1.64. The van der Waals surface area contributed by atoms with Crippen molar-refractivity contribution in [3.8, 4) is 0 Å². The molecule has 19 heavy (non-hydrogen) atoms. The van der Waals surface area contributed by atoms with Crippen molar-refractivity contribution < 1.29 is 19.4 Å². The molecule has 0 saturated carbocycles. The third-order valence-electron chi connectivity index (χ3n) is 3.20. The fourth-order valence-electron chi connectivity index (χ4n) is 2.13. The van der Waals surface area contributed by atoms with Crippen molar-refractivity contribution in [2.75, 3.05) is 33.4 Å². The molecule has 0 spiro atoms. The number of hydrogen-bond donors (Lipinski definition) is 1. The van der Waals surface area contributed by atoms with Gasteiger partial charge in [0, 0.05) is 19.6 Å². The van der Waals surface area contributed by atoms with Crippen molar-refractivity contribution in [2.24, 2.45) is 0 Å². The molecule has 2 rings (SSSR count). The first kappa shape index (κ1) is 14.0. The van der Waals surface area contributed by atoms with Gasteiger partial charge in [-0.15, -0.1) is 0 Å². The van der Waals surface area contributed by atoms with Crippen LogP contribution in [0, 0.1) is 0 Å². The molecule has 0 aliphatic carbocycles. The van der Waals surface area contributed by atoms with E-state index in [-0.39, 0.29) is 0 Å². The van der Waals surface area contributed by atoms with E-state index < -0.39 is 12.1 Å². The van der Waals surface area contributed by atoms with Gasteiger partial charge in [-0.2, -0.15) is 0 Å². The predicted octanol–water partition coefficient (Wildman–Crippen LogP) is 0.725. The van der Waals surface area contributed by atoms with E-state index in [1.807, 2.05) is 18.2 Å². The lowest BCUT2D eigenvalue weighted by atomic mass is 10.1. The zero-order valence-electron chi connectivity index (χ0n) is 11.0. The smallest absolute Gasteiger partial charge is 0.339 e. The standard InChI is InChI=1S/C14H19NO4/c1-18-14(17)13(16)12-4-2-3-11(9-12)10-15-5-7-19-8-6-15/h2-4,9,13,16H,5-8,10H2,1H3. The molecule has 1 heterocycles. The minimum absolute atomic E-state index is 0.567. The van der Waals surface area contributed by atoms with Crippen LogP contribution in [-0.4, -0.2) is 49.4 Å². The molecule has 1 aliphatic rings. The summed E-state index contributed by atoms with van der Waals surface area (Å²) in [6.45, 7) is 4.12. The van der Waals surface area contributed by atoms with E-state index in [1.165, 1.54) is 7.11 Å². The minimum atomic E-state index is -1.21. The fourth-order valence-corrected chi connectivity index (χ4v) is 2.13. The Morgan fingerprint density at radius 3 is 2.89 bits per heavy atom. The lowest BCUT2D eigenvalue weighted by molar-refractivity contribution is -0.150. The minimum Gasteiger partial charge on any atom is -0.467 e. The van der Waals surface area contributed by atoms with Gasteiger partial charge in [0.2, 0.25) is 0 Å². The zero-order chi connectivity index (χ0) is 13.7. The third kappa shape index (κ3) is 3.76. The number of aliphatic hydroxyl groups is 1. The Kier molecular flexibility index (Phi) is 4.90. The summed E-state index contributed by atoms with van der Waals surface area (Å²) in [6.07, 6.45) is -1.21. The van der Waals surface area contributed by atoms with E-state index in [0.717, 1.165) is 38.4 Å². The molecule has 0 aromatic heterocycles. The van der Waals surface area contributed by atoms with Crippen LogP contribution in [0.1, 0.15) is 17.2 Å². The normalized spacial score (nSPS) is 18.0. The first-order valence-electron chi connectivity index (χ1n) is 6.35. The van der Waals surface area contributed by atoms with Crippen LogP contribution in [-0.2, 0) is 20.8 Å². The Labute approximate surface area is 112 Å². The van der Waals surface area contributed by atoms with Crippen LogP contribution in [0.4, 0.5) is 0 Å². The van der Waals surface area contributed by atoms with Gasteiger partial charge in [0.1, 0.15) is 0 Å². The Balaban J connectivity index is 2.03. The fraction of sp³-hybridized carbons (Fsp3) is 0.500. The molecule has 1 aliphatic heterocycles. The summed E-state index contributed by atoms with van der Waals surface area (Å²) < 4.78 is 9.84. The highest BCUT2D eigenvalue weighted by atomic mass is 16.5. The van der Waals surface area contributed by atoms with Crippen molar-refractivity contribution in [3.05, 3.63) is 35.4 Å². The highest BCUT2D eigenvalue weighted by Gasteiger charge is 2.18. The van der Waals surface area contributed by atoms with Gasteiger partial charge in [-0.05, 0) is 11.1 Å². The number of nitrogens with zero attached hydrogens (tertiary/aromatic N) is 1. The molecule has 1 unspecified atom stereocenters. The molecule has 1 aromatic rings. The first-order chi connectivity index (χ1) is 9.20. The number of benzene rings is 1. The average Bonchev–Trinajstić information content (AvgIpc) is 2.47. The molecule has 104 valence electrons. The summed E-state index contributed by atoms with van der Waals surface area (Å²) >= 11 is 0. The van der Waals surface area contributed by atoms with Crippen molar-refractivity contribution in [1.29, 1.82) is 0 Å². The molecule has 0 amide bonds. The van der Waals surface area contributed by atoms with Gasteiger partial charge in [0.25, 0.3) is 0 Å². The Morgan fingerprint density at radius 2 is 2.21 bits per heavy atom. The monoisotopic (exact) mass is 265 g/mol. The summed E-state index contributed by atoms with van der Waals surface area (Å²) in [4.78, 5) is 13.6. The largest absolute Gasteiger partial charge is 0.467 e. The Hall–Kier alpha value is -1.43. The van der Waals surface area contributed by atoms with E-state index >= 15 is 0 Å². The van der Waals surface area contributed by atoms with Crippen molar-refractivity contribution in [2.45, 2.75) is 12.6 Å². The van der Waals surface area contributed by atoms with Gasteiger partial charge in [-0.25, -0.2) is 4.79 Å². The van der Waals surface area contributed by atoms with Gasteiger partial charge in [0.05, 0.1) is 20.3 Å². The van der Waals surface area contributed by atoms with E-state index in [9.17, 15) is 9.90 Å². The number of aliphatic hydroxyl groups excluding tert-OH is 1. The number of carbonyl (C=O) groups is 1. The van der Waals surface area contributed by atoms with Crippen LogP contribution < -0.4 is 0 Å². The molecule has 1 fully saturated rings. The summed E-state index contributed by atoms with van der Waals surface area (Å²) in [5, 5.41) is 9.81. The number of ether oxygens (including phenoxy) is 2. The quantitative estimate of drug-likeness (QED) is 0.813. The number of methoxy groups -OCH3 is 1. The van der Waals surface area contributed by atoms with E-state index in [4.69, 9.17) is 4.74 Å². The number of rotatable bonds is 4. The highest BCUT2D eigenvalue weighted by molar-refractivity contribution is 5.76. The molecule has 0 radical (unpaired) electrons. The summed E-state index contributed by atoms with van der Waals surface area (Å²) in [5.74, 6) is -0.636. The maximum atomic E-state index is 11.3. The Morgan fingerprint density at radius 1 is 1.47 bits per heavy atom. The molecular formula is C14H19NO4. The number of esters is 1. The van der Waals surface area contributed by atoms with Crippen LogP contribution >= 0.6 is 0 Å². The third-order valence-corrected chi connectivity index (χ3v) is 3.20. The van der Waals surface area contributed by atoms with Gasteiger partial charge in [-0.1, -0.05) is 24.3 Å².